The maximum absolute atomic E-state index is 13.4. The van der Waals surface area contributed by atoms with Crippen molar-refractivity contribution in [2.45, 2.75) is 43.0 Å². The topological polar surface area (TPSA) is 97.6 Å². The van der Waals surface area contributed by atoms with Gasteiger partial charge >= 0.3 is 0 Å². The monoisotopic (exact) mass is 489 g/mol. The number of fused-ring (bicyclic) bond motifs is 1. The summed E-state index contributed by atoms with van der Waals surface area (Å²) in [4.78, 5) is 24.6. The lowest BCUT2D eigenvalue weighted by atomic mass is 10.2. The van der Waals surface area contributed by atoms with Gasteiger partial charge in [-0.1, -0.05) is 6.42 Å². The van der Waals surface area contributed by atoms with Crippen molar-refractivity contribution >= 4 is 38.2 Å². The Hall–Kier alpha value is -2.34. The van der Waals surface area contributed by atoms with Crippen LogP contribution in [0.2, 0.25) is 0 Å². The third-order valence-corrected chi connectivity index (χ3v) is 9.05. The van der Waals surface area contributed by atoms with Gasteiger partial charge in [0.05, 0.1) is 18.0 Å². The van der Waals surface area contributed by atoms with Crippen molar-refractivity contribution in [3.63, 3.8) is 0 Å². The molecule has 11 heteroatoms. The van der Waals surface area contributed by atoms with E-state index in [1.807, 2.05) is 5.38 Å². The van der Waals surface area contributed by atoms with Crippen LogP contribution in [0.5, 0.6) is 0 Å². The summed E-state index contributed by atoms with van der Waals surface area (Å²) in [6.45, 7) is 2.33. The first kappa shape index (κ1) is 22.5. The molecule has 9 nitrogen and oxygen atoms in total. The van der Waals surface area contributed by atoms with Gasteiger partial charge in [0.15, 0.2) is 10.8 Å². The van der Waals surface area contributed by atoms with Gasteiger partial charge in [0, 0.05) is 44.5 Å². The van der Waals surface area contributed by atoms with Crippen LogP contribution in [0.25, 0.3) is 16.2 Å². The van der Waals surface area contributed by atoms with E-state index in [-0.39, 0.29) is 16.3 Å². The first-order chi connectivity index (χ1) is 16.0. The number of sulfonamides is 1. The lowest BCUT2D eigenvalue weighted by Crippen LogP contribution is -2.38. The van der Waals surface area contributed by atoms with Crippen LogP contribution in [0.15, 0.2) is 39.6 Å². The maximum Gasteiger partial charge on any atom is 0.248 e. The van der Waals surface area contributed by atoms with Gasteiger partial charge in [0.1, 0.15) is 10.7 Å². The van der Waals surface area contributed by atoms with Crippen LogP contribution in [0.1, 0.15) is 32.1 Å². The van der Waals surface area contributed by atoms with Gasteiger partial charge in [0.25, 0.3) is 0 Å². The number of piperidine rings is 1. The number of anilines is 1. The number of hydrogen-bond acceptors (Lipinski definition) is 8. The second-order valence-electron chi connectivity index (χ2n) is 8.46. The van der Waals surface area contributed by atoms with E-state index in [1.165, 1.54) is 21.8 Å². The Morgan fingerprint density at radius 1 is 1.15 bits per heavy atom. The quantitative estimate of drug-likeness (QED) is 0.525. The van der Waals surface area contributed by atoms with E-state index in [1.54, 1.807) is 30.0 Å². The number of hydrogen-bond donors (Lipinski definition) is 0. The van der Waals surface area contributed by atoms with Crippen LogP contribution < -0.4 is 10.3 Å². The average Bonchev–Trinajstić information content (AvgIpc) is 3.52. The molecule has 2 fully saturated rings. The molecule has 5 rings (SSSR count). The van der Waals surface area contributed by atoms with E-state index >= 15 is 0 Å². The highest BCUT2D eigenvalue weighted by molar-refractivity contribution is 7.89. The molecule has 0 radical (unpaired) electrons. The van der Waals surface area contributed by atoms with Crippen molar-refractivity contribution in [1.29, 1.82) is 0 Å². The van der Waals surface area contributed by atoms with E-state index in [2.05, 4.69) is 9.88 Å². The highest BCUT2D eigenvalue weighted by Gasteiger charge is 2.31. The second-order valence-corrected chi connectivity index (χ2v) is 11.2. The number of nitrogens with zero attached hydrogens (tertiary/aromatic N) is 5. The molecule has 2 aliphatic heterocycles. The fourth-order valence-electron chi connectivity index (χ4n) is 4.74. The van der Waals surface area contributed by atoms with Crippen LogP contribution in [0, 0.1) is 0 Å². The Kier molecular flexibility index (Phi) is 6.21. The van der Waals surface area contributed by atoms with Crippen LogP contribution >= 0.6 is 11.3 Å². The first-order valence-electron chi connectivity index (χ1n) is 11.2. The number of thiazole rings is 1. The lowest BCUT2D eigenvalue weighted by molar-refractivity contribution is 0.180. The molecule has 0 N–H and O–H groups in total. The summed E-state index contributed by atoms with van der Waals surface area (Å²) in [7, 11) is -2.23. The number of rotatable bonds is 6. The van der Waals surface area contributed by atoms with Crippen molar-refractivity contribution in [2.75, 3.05) is 38.3 Å². The molecule has 3 aromatic rings. The summed E-state index contributed by atoms with van der Waals surface area (Å²) < 4.78 is 35.3. The van der Waals surface area contributed by atoms with Crippen molar-refractivity contribution in [1.82, 2.24) is 18.8 Å². The minimum absolute atomic E-state index is 0.221. The van der Waals surface area contributed by atoms with Gasteiger partial charge in [-0.15, -0.1) is 11.3 Å². The molecule has 2 saturated heterocycles. The molecule has 5 heterocycles. The highest BCUT2D eigenvalue weighted by Crippen LogP contribution is 2.28. The Balaban J connectivity index is 1.68. The zero-order valence-corrected chi connectivity index (χ0v) is 20.1. The van der Waals surface area contributed by atoms with Gasteiger partial charge in [-0.2, -0.15) is 4.31 Å². The summed E-state index contributed by atoms with van der Waals surface area (Å²) in [5, 5.41) is 2.65. The lowest BCUT2D eigenvalue weighted by Gasteiger charge is -2.27. The third kappa shape index (κ3) is 4.07. The summed E-state index contributed by atoms with van der Waals surface area (Å²) in [6.07, 6.45) is 7.72. The van der Waals surface area contributed by atoms with Crippen LogP contribution in [0.3, 0.4) is 0 Å². The van der Waals surface area contributed by atoms with Crippen molar-refractivity contribution in [3.8, 4) is 5.13 Å². The van der Waals surface area contributed by atoms with Gasteiger partial charge < -0.3 is 9.64 Å². The smallest absolute Gasteiger partial charge is 0.248 e. The van der Waals surface area contributed by atoms with Gasteiger partial charge in [-0.05, 0) is 37.8 Å². The minimum atomic E-state index is -3.92. The molecule has 0 unspecified atom stereocenters. The molecule has 0 spiro atoms. The van der Waals surface area contributed by atoms with E-state index < -0.39 is 15.5 Å². The fourth-order valence-corrected chi connectivity index (χ4v) is 6.96. The number of pyridine rings is 2. The van der Waals surface area contributed by atoms with Gasteiger partial charge in [-0.25, -0.2) is 18.4 Å². The predicted octanol–water partition coefficient (Wildman–Crippen LogP) is 2.63. The maximum atomic E-state index is 13.4. The summed E-state index contributed by atoms with van der Waals surface area (Å²) in [5.74, 6) is 0.749. The summed E-state index contributed by atoms with van der Waals surface area (Å²) >= 11 is 1.37. The van der Waals surface area contributed by atoms with E-state index in [0.717, 1.165) is 44.5 Å². The van der Waals surface area contributed by atoms with E-state index in [0.29, 0.717) is 30.5 Å². The van der Waals surface area contributed by atoms with Gasteiger partial charge in [-0.3, -0.25) is 9.36 Å². The largest absolute Gasteiger partial charge is 0.383 e. The second kappa shape index (κ2) is 9.13. The van der Waals surface area contributed by atoms with Crippen LogP contribution in [-0.4, -0.2) is 66.7 Å². The average molecular weight is 490 g/mol. The zero-order valence-electron chi connectivity index (χ0n) is 18.5. The molecule has 0 aliphatic carbocycles. The van der Waals surface area contributed by atoms with E-state index in [4.69, 9.17) is 9.72 Å². The normalized spacial score (nSPS) is 20.0. The SMILES string of the molecule is COC[C@H]1CCCN1c1ccc2c(=O)c(S(=O)(=O)N3CCCCC3)cn(-c3nccs3)c2n1. The molecule has 1 atom stereocenters. The number of ether oxygens (including phenoxy) is 1. The predicted molar refractivity (Wildman–Crippen MR) is 128 cm³/mol. The molecule has 0 amide bonds. The van der Waals surface area contributed by atoms with Crippen molar-refractivity contribution < 1.29 is 13.2 Å². The standard InChI is InChI=1S/C22H27N5O4S2/c1-31-15-16-6-5-12-26(16)19-8-7-17-20(28)18(33(29,30)25-10-3-2-4-11-25)14-27(21(17)24-19)22-23-9-13-32-22/h7-9,13-14,16H,2-6,10-12,15H2,1H3/t16-/m1/s1. The molecule has 176 valence electrons. The van der Waals surface area contributed by atoms with E-state index in [9.17, 15) is 13.2 Å². The molecule has 0 saturated carbocycles. The summed E-state index contributed by atoms with van der Waals surface area (Å²) in [5.41, 5.74) is -0.106. The van der Waals surface area contributed by atoms with Crippen LogP contribution in [-0.2, 0) is 14.8 Å². The minimum Gasteiger partial charge on any atom is -0.383 e. The highest BCUT2D eigenvalue weighted by atomic mass is 32.2. The molecular formula is C22H27N5O4S2. The fraction of sp³-hybridized carbons (Fsp3) is 0.500. The van der Waals surface area contributed by atoms with Crippen LogP contribution in [0.4, 0.5) is 5.82 Å². The third-order valence-electron chi connectivity index (χ3n) is 6.39. The van der Waals surface area contributed by atoms with Crippen molar-refractivity contribution in [3.05, 3.63) is 40.1 Å². The first-order valence-corrected chi connectivity index (χ1v) is 13.5. The summed E-state index contributed by atoms with van der Waals surface area (Å²) in [6, 6.07) is 3.72. The van der Waals surface area contributed by atoms with Gasteiger partial charge in [0.2, 0.25) is 15.5 Å². The Morgan fingerprint density at radius 2 is 1.97 bits per heavy atom. The Bertz CT molecular complexity index is 1300. The number of methoxy groups -OCH3 is 1. The Morgan fingerprint density at radius 3 is 2.70 bits per heavy atom. The molecule has 0 aromatic carbocycles. The zero-order chi connectivity index (χ0) is 23.0. The molecule has 2 aliphatic rings. The molecule has 0 bridgehead atoms. The molecule has 33 heavy (non-hydrogen) atoms. The molecular weight excluding hydrogens is 462 g/mol. The van der Waals surface area contributed by atoms with Crippen molar-refractivity contribution in [2.24, 2.45) is 0 Å². The molecule has 3 aromatic heterocycles. The Labute approximate surface area is 196 Å². The number of aromatic nitrogens is 3.